The molecular formula is C6H7BrGe. The zero-order chi connectivity index (χ0) is 5.11. The van der Waals surface area contributed by atoms with Crippen LogP contribution in [0.15, 0.2) is 30.3 Å². The molecule has 8 heavy (non-hydrogen) atoms. The van der Waals surface area contributed by atoms with E-state index in [-0.39, 0.29) is 17.0 Å². The van der Waals surface area contributed by atoms with Gasteiger partial charge in [-0.05, 0) is 0 Å². The van der Waals surface area contributed by atoms with Gasteiger partial charge < -0.3 is 17.0 Å². The Bertz CT molecular complexity index is 138. The van der Waals surface area contributed by atoms with Gasteiger partial charge in [0.1, 0.15) is 0 Å². The molecule has 0 atom stereocenters. The Balaban J connectivity index is 0.000000490. The average Bonchev–Trinajstić information content (AvgIpc) is 1.69. The van der Waals surface area contributed by atoms with Gasteiger partial charge in [0.05, 0.1) is 0 Å². The molecule has 1 aromatic carbocycles. The zero-order valence-corrected chi connectivity index (χ0v) is 9.02. The molecule has 1 rings (SSSR count). The van der Waals surface area contributed by atoms with Crippen LogP contribution in [-0.2, 0) is 0 Å². The van der Waals surface area contributed by atoms with Gasteiger partial charge in [0.2, 0.25) is 0 Å². The van der Waals surface area contributed by atoms with Crippen LogP contribution in [0, 0.1) is 0 Å². The maximum absolute atomic E-state index is 2.14. The monoisotopic (exact) mass is 232 g/mol. The summed E-state index contributed by atoms with van der Waals surface area (Å²) < 4.78 is 1.45. The minimum atomic E-state index is 0. The zero-order valence-electron chi connectivity index (χ0n) is 4.47. The van der Waals surface area contributed by atoms with Gasteiger partial charge in [0.25, 0.3) is 0 Å². The topological polar surface area (TPSA) is 0 Å². The summed E-state index contributed by atoms with van der Waals surface area (Å²) in [6.07, 6.45) is 0. The van der Waals surface area contributed by atoms with E-state index in [1.165, 1.54) is 20.9 Å². The van der Waals surface area contributed by atoms with Crippen molar-refractivity contribution in [2.75, 3.05) is 0 Å². The van der Waals surface area contributed by atoms with E-state index in [0.29, 0.717) is 0 Å². The Kier molecular flexibility index (Phi) is 4.28. The normalized spacial score (nSPS) is 7.50. The molecule has 0 N–H and O–H groups in total. The van der Waals surface area contributed by atoms with Crippen LogP contribution in [0.2, 0.25) is 0 Å². The predicted molar refractivity (Wildman–Crippen MR) is 34.6 cm³/mol. The van der Waals surface area contributed by atoms with Crippen molar-refractivity contribution in [3.05, 3.63) is 30.3 Å². The van der Waals surface area contributed by atoms with Crippen molar-refractivity contribution in [3.63, 3.8) is 0 Å². The van der Waals surface area contributed by atoms with Gasteiger partial charge in [0.15, 0.2) is 0 Å². The molecule has 1 aromatic rings. The molecule has 0 nitrogen and oxygen atoms in total. The van der Waals surface area contributed by atoms with E-state index in [4.69, 9.17) is 0 Å². The van der Waals surface area contributed by atoms with Crippen molar-refractivity contribution < 1.29 is 17.0 Å². The first-order valence-corrected chi connectivity index (χ1v) is 3.75. The van der Waals surface area contributed by atoms with Crippen molar-refractivity contribution in [2.45, 2.75) is 0 Å². The third kappa shape index (κ3) is 2.53. The fourth-order valence-corrected chi connectivity index (χ4v) is 1.05. The van der Waals surface area contributed by atoms with Crippen molar-refractivity contribution in [1.29, 1.82) is 0 Å². The van der Waals surface area contributed by atoms with E-state index in [1.54, 1.807) is 0 Å². The Morgan fingerprint density at radius 3 is 1.75 bits per heavy atom. The molecule has 0 unspecified atom stereocenters. The Morgan fingerprint density at radius 2 is 1.50 bits per heavy atom. The summed E-state index contributed by atoms with van der Waals surface area (Å²) in [4.78, 5) is 0. The SMILES string of the molecule is [Br-].[GeH2+][c]1ccccc1. The molecule has 0 fully saturated rings. The Labute approximate surface area is 68.3 Å². The molecule has 0 aromatic heterocycles. The van der Waals surface area contributed by atoms with Gasteiger partial charge in [-0.25, -0.2) is 0 Å². The first-order chi connectivity index (χ1) is 3.39. The molecule has 0 aliphatic carbocycles. The minimum absolute atomic E-state index is 0. The van der Waals surface area contributed by atoms with Crippen LogP contribution in [0.5, 0.6) is 0 Å². The third-order valence-corrected chi connectivity index (χ3v) is 1.83. The Hall–Kier alpha value is 0.243. The van der Waals surface area contributed by atoms with E-state index in [1.807, 2.05) is 6.07 Å². The summed E-state index contributed by atoms with van der Waals surface area (Å²) in [7, 11) is 0. The predicted octanol–water partition coefficient (Wildman–Crippen LogP) is -3.05. The third-order valence-electron chi connectivity index (χ3n) is 0.843. The van der Waals surface area contributed by atoms with Crippen LogP contribution in [0.25, 0.3) is 0 Å². The molecule has 0 aliphatic heterocycles. The van der Waals surface area contributed by atoms with Crippen molar-refractivity contribution in [3.8, 4) is 0 Å². The molecule has 0 spiro atoms. The van der Waals surface area contributed by atoms with E-state index in [2.05, 4.69) is 24.3 Å². The molecule has 42 valence electrons. The number of rotatable bonds is 0. The second-order valence-corrected chi connectivity index (χ2v) is 3.20. The number of hydrogen-bond donors (Lipinski definition) is 0. The van der Waals surface area contributed by atoms with Crippen molar-refractivity contribution in [1.82, 2.24) is 0 Å². The standard InChI is InChI=1S/C6H7Ge.BrH/c7-6-4-2-1-3-5-6;/h1-5H,7H2;1H/q+1;/p-1. The van der Waals surface area contributed by atoms with Crippen LogP contribution < -0.4 is 21.4 Å². The van der Waals surface area contributed by atoms with Gasteiger partial charge in [-0.3, -0.25) is 0 Å². The Morgan fingerprint density at radius 1 is 1.00 bits per heavy atom. The fraction of sp³-hybridized carbons (Fsp3) is 0. The fourth-order valence-electron chi connectivity index (χ4n) is 0.478. The van der Waals surface area contributed by atoms with Crippen molar-refractivity contribution in [2.24, 2.45) is 0 Å². The second-order valence-electron chi connectivity index (χ2n) is 1.49. The van der Waals surface area contributed by atoms with Gasteiger partial charge in [0, 0.05) is 0 Å². The van der Waals surface area contributed by atoms with E-state index in [0.717, 1.165) is 0 Å². The van der Waals surface area contributed by atoms with Crippen molar-refractivity contribution >= 4 is 20.9 Å². The summed E-state index contributed by atoms with van der Waals surface area (Å²) >= 11 is 1.26. The molecule has 0 aliphatic rings. The van der Waals surface area contributed by atoms with Crippen LogP contribution in [0.1, 0.15) is 0 Å². The first-order valence-electron chi connectivity index (χ1n) is 2.26. The molecular weight excluding hydrogens is 225 g/mol. The molecule has 0 bridgehead atoms. The van der Waals surface area contributed by atoms with E-state index in [9.17, 15) is 0 Å². The van der Waals surface area contributed by atoms with Crippen LogP contribution in [-0.4, -0.2) is 16.5 Å². The summed E-state index contributed by atoms with van der Waals surface area (Å²) in [5, 5.41) is 0. The van der Waals surface area contributed by atoms with Crippen LogP contribution in [0.3, 0.4) is 0 Å². The van der Waals surface area contributed by atoms with E-state index < -0.39 is 0 Å². The quantitative estimate of drug-likeness (QED) is 0.417. The summed E-state index contributed by atoms with van der Waals surface area (Å²) in [5.74, 6) is 0. The van der Waals surface area contributed by atoms with Crippen LogP contribution in [0.4, 0.5) is 0 Å². The van der Waals surface area contributed by atoms with Gasteiger partial charge in [-0.15, -0.1) is 0 Å². The van der Waals surface area contributed by atoms with Crippen LogP contribution >= 0.6 is 0 Å². The molecule has 0 saturated carbocycles. The average molecular weight is 232 g/mol. The van der Waals surface area contributed by atoms with Gasteiger partial charge in [-0.1, -0.05) is 0 Å². The number of hydrogen-bond acceptors (Lipinski definition) is 0. The second kappa shape index (κ2) is 4.15. The van der Waals surface area contributed by atoms with Gasteiger partial charge >= 0.3 is 51.2 Å². The summed E-state index contributed by atoms with van der Waals surface area (Å²) in [6.45, 7) is 0. The molecule has 0 saturated heterocycles. The maximum atomic E-state index is 2.14. The summed E-state index contributed by atoms with van der Waals surface area (Å²) in [6, 6.07) is 10.5. The van der Waals surface area contributed by atoms with E-state index >= 15 is 0 Å². The number of halogens is 1. The first kappa shape index (κ1) is 8.24. The number of benzene rings is 1. The molecule has 0 radical (unpaired) electrons. The molecule has 0 heterocycles. The molecule has 2 heteroatoms. The molecule has 0 amide bonds. The van der Waals surface area contributed by atoms with Gasteiger partial charge in [-0.2, -0.15) is 0 Å². The summed E-state index contributed by atoms with van der Waals surface area (Å²) in [5.41, 5.74) is 0.